The van der Waals surface area contributed by atoms with Gasteiger partial charge in [-0.15, -0.1) is 0 Å². The van der Waals surface area contributed by atoms with Crippen molar-refractivity contribution in [2.24, 2.45) is 5.41 Å². The van der Waals surface area contributed by atoms with E-state index in [0.29, 0.717) is 18.8 Å². The SMILES string of the molecule is COC1=CC(=O)O[C@H](CCO[Si](c2ccccc2)(c2ccccc2)C(C)(C)C)C1(C)C. The largest absolute Gasteiger partial charge is 0.500 e. The predicted octanol–water partition coefficient (Wildman–Crippen LogP) is 4.44. The summed E-state index contributed by atoms with van der Waals surface area (Å²) in [6.07, 6.45) is 1.74. The van der Waals surface area contributed by atoms with Crippen molar-refractivity contribution in [1.29, 1.82) is 0 Å². The average Bonchev–Trinajstić information content (AvgIpc) is 2.73. The molecule has 0 amide bonds. The summed E-state index contributed by atoms with van der Waals surface area (Å²) in [5, 5.41) is 2.39. The van der Waals surface area contributed by atoms with Gasteiger partial charge in [0.1, 0.15) is 11.9 Å². The van der Waals surface area contributed by atoms with Crippen molar-refractivity contribution in [2.45, 2.75) is 52.2 Å². The topological polar surface area (TPSA) is 44.8 Å². The molecule has 5 heteroatoms. The van der Waals surface area contributed by atoms with Crippen molar-refractivity contribution < 1.29 is 18.7 Å². The van der Waals surface area contributed by atoms with Crippen molar-refractivity contribution in [3.8, 4) is 0 Å². The van der Waals surface area contributed by atoms with Crippen LogP contribution < -0.4 is 10.4 Å². The number of benzene rings is 2. The third-order valence-electron chi connectivity index (χ3n) is 6.28. The van der Waals surface area contributed by atoms with E-state index < -0.39 is 13.7 Å². The molecule has 0 aliphatic carbocycles. The Morgan fingerprint density at radius 2 is 1.48 bits per heavy atom. The van der Waals surface area contributed by atoms with Gasteiger partial charge in [0.05, 0.1) is 18.6 Å². The second-order valence-electron chi connectivity index (χ2n) is 9.66. The Balaban J connectivity index is 1.94. The van der Waals surface area contributed by atoms with E-state index in [9.17, 15) is 4.79 Å². The summed E-state index contributed by atoms with van der Waals surface area (Å²) in [6, 6.07) is 21.1. The van der Waals surface area contributed by atoms with Crippen LogP contribution >= 0.6 is 0 Å². The van der Waals surface area contributed by atoms with Crippen LogP contribution in [-0.2, 0) is 18.7 Å². The molecule has 1 aliphatic rings. The van der Waals surface area contributed by atoms with Gasteiger partial charge in [0.25, 0.3) is 8.32 Å². The summed E-state index contributed by atoms with van der Waals surface area (Å²) < 4.78 is 18.1. The summed E-state index contributed by atoms with van der Waals surface area (Å²) in [4.78, 5) is 12.1. The Labute approximate surface area is 187 Å². The van der Waals surface area contributed by atoms with Crippen LogP contribution in [0.15, 0.2) is 72.5 Å². The Morgan fingerprint density at radius 3 is 1.94 bits per heavy atom. The first-order valence-corrected chi connectivity index (χ1v) is 12.8. The molecule has 0 saturated heterocycles. The van der Waals surface area contributed by atoms with Crippen LogP contribution in [0.1, 0.15) is 41.0 Å². The second kappa shape index (κ2) is 9.01. The molecule has 2 aromatic rings. The molecule has 0 spiro atoms. The third-order valence-corrected chi connectivity index (χ3v) is 11.3. The van der Waals surface area contributed by atoms with E-state index in [-0.39, 0.29) is 17.1 Å². The first kappa shape index (κ1) is 23.3. The Bertz CT molecular complexity index is 874. The number of carbonyl (C=O) groups excluding carboxylic acids is 1. The molecule has 0 aromatic heterocycles. The minimum absolute atomic E-state index is 0.0912. The molecular formula is C26H34O4Si. The molecule has 0 N–H and O–H groups in total. The number of methoxy groups -OCH3 is 1. The van der Waals surface area contributed by atoms with Gasteiger partial charge in [-0.1, -0.05) is 81.4 Å². The maximum absolute atomic E-state index is 12.1. The minimum atomic E-state index is -2.61. The number of ether oxygens (including phenoxy) is 2. The minimum Gasteiger partial charge on any atom is -0.500 e. The number of rotatable bonds is 7. The molecule has 4 nitrogen and oxygen atoms in total. The van der Waals surface area contributed by atoms with Crippen LogP contribution in [-0.4, -0.2) is 34.1 Å². The lowest BCUT2D eigenvalue weighted by Gasteiger charge is -2.44. The average molecular weight is 439 g/mol. The highest BCUT2D eigenvalue weighted by atomic mass is 28.4. The van der Waals surface area contributed by atoms with E-state index in [4.69, 9.17) is 13.9 Å². The van der Waals surface area contributed by atoms with Crippen molar-refractivity contribution in [3.63, 3.8) is 0 Å². The van der Waals surface area contributed by atoms with Gasteiger partial charge < -0.3 is 13.9 Å². The fourth-order valence-electron chi connectivity index (χ4n) is 4.60. The zero-order valence-electron chi connectivity index (χ0n) is 19.5. The van der Waals surface area contributed by atoms with Crippen molar-refractivity contribution in [3.05, 3.63) is 72.5 Å². The molecule has 3 rings (SSSR count). The fourth-order valence-corrected chi connectivity index (χ4v) is 9.18. The van der Waals surface area contributed by atoms with E-state index in [1.54, 1.807) is 7.11 Å². The summed E-state index contributed by atoms with van der Waals surface area (Å²) in [5.74, 6) is 0.297. The summed E-state index contributed by atoms with van der Waals surface area (Å²) in [7, 11) is -1.01. The van der Waals surface area contributed by atoms with Crippen LogP contribution in [0.2, 0.25) is 5.04 Å². The monoisotopic (exact) mass is 438 g/mol. The van der Waals surface area contributed by atoms with Gasteiger partial charge in [0, 0.05) is 13.0 Å². The van der Waals surface area contributed by atoms with Gasteiger partial charge in [-0.3, -0.25) is 0 Å². The van der Waals surface area contributed by atoms with Crippen LogP contribution in [0.3, 0.4) is 0 Å². The molecule has 0 radical (unpaired) electrons. The maximum atomic E-state index is 12.1. The summed E-state index contributed by atoms with van der Waals surface area (Å²) >= 11 is 0. The number of esters is 1. The zero-order chi connectivity index (χ0) is 22.7. The van der Waals surface area contributed by atoms with Crippen molar-refractivity contribution >= 4 is 24.7 Å². The summed E-state index contributed by atoms with van der Waals surface area (Å²) in [6.45, 7) is 11.4. The molecule has 1 aliphatic heterocycles. The van der Waals surface area contributed by atoms with Crippen molar-refractivity contribution in [2.75, 3.05) is 13.7 Å². The molecular weight excluding hydrogens is 404 g/mol. The Hall–Kier alpha value is -2.37. The van der Waals surface area contributed by atoms with Crippen LogP contribution in [0.5, 0.6) is 0 Å². The van der Waals surface area contributed by atoms with Gasteiger partial charge in [0.2, 0.25) is 0 Å². The van der Waals surface area contributed by atoms with Gasteiger partial charge >= 0.3 is 5.97 Å². The fraction of sp³-hybridized carbons (Fsp3) is 0.423. The van der Waals surface area contributed by atoms with E-state index >= 15 is 0 Å². The van der Waals surface area contributed by atoms with E-state index in [0.717, 1.165) is 0 Å². The van der Waals surface area contributed by atoms with E-state index in [2.05, 4.69) is 69.3 Å². The number of cyclic esters (lactones) is 1. The molecule has 0 saturated carbocycles. The Morgan fingerprint density at radius 1 is 0.968 bits per heavy atom. The first-order chi connectivity index (χ1) is 14.6. The van der Waals surface area contributed by atoms with E-state index in [1.807, 2.05) is 26.0 Å². The highest BCUT2D eigenvalue weighted by molar-refractivity contribution is 6.99. The molecule has 2 aromatic carbocycles. The lowest BCUT2D eigenvalue weighted by Crippen LogP contribution is -2.66. The van der Waals surface area contributed by atoms with Gasteiger partial charge in [0.15, 0.2) is 0 Å². The second-order valence-corrected chi connectivity index (χ2v) is 14.0. The van der Waals surface area contributed by atoms with Crippen LogP contribution in [0.4, 0.5) is 0 Å². The molecule has 0 bridgehead atoms. The molecule has 1 heterocycles. The maximum Gasteiger partial charge on any atom is 0.334 e. The van der Waals surface area contributed by atoms with Crippen LogP contribution in [0, 0.1) is 5.41 Å². The first-order valence-electron chi connectivity index (χ1n) is 10.8. The smallest absolute Gasteiger partial charge is 0.334 e. The number of hydrogen-bond donors (Lipinski definition) is 0. The molecule has 31 heavy (non-hydrogen) atoms. The number of carbonyl (C=O) groups is 1. The molecule has 0 unspecified atom stereocenters. The quantitative estimate of drug-likeness (QED) is 0.474. The highest BCUT2D eigenvalue weighted by Gasteiger charge is 2.50. The predicted molar refractivity (Wildman–Crippen MR) is 127 cm³/mol. The number of hydrogen-bond acceptors (Lipinski definition) is 4. The van der Waals surface area contributed by atoms with Crippen molar-refractivity contribution in [1.82, 2.24) is 0 Å². The summed E-state index contributed by atoms with van der Waals surface area (Å²) in [5.41, 5.74) is -0.405. The van der Waals surface area contributed by atoms with Gasteiger partial charge in [-0.05, 0) is 29.3 Å². The van der Waals surface area contributed by atoms with Crippen LogP contribution in [0.25, 0.3) is 0 Å². The normalized spacial score (nSPS) is 18.8. The van der Waals surface area contributed by atoms with Gasteiger partial charge in [-0.2, -0.15) is 0 Å². The lowest BCUT2D eigenvalue weighted by molar-refractivity contribution is -0.154. The zero-order valence-corrected chi connectivity index (χ0v) is 20.5. The van der Waals surface area contributed by atoms with Gasteiger partial charge in [-0.25, -0.2) is 4.79 Å². The standard InChI is InChI=1S/C26H34O4Si/c1-25(2,3)31(20-13-9-7-10-14-20,21-15-11-8-12-16-21)29-18-17-22-26(4,5)23(28-6)19-24(27)30-22/h7-16,19,22H,17-18H2,1-6H3/t22-/m1/s1. The Kier molecular flexibility index (Phi) is 6.77. The molecule has 166 valence electrons. The van der Waals surface area contributed by atoms with E-state index in [1.165, 1.54) is 16.4 Å². The molecule has 1 atom stereocenters. The lowest BCUT2D eigenvalue weighted by atomic mass is 9.81. The highest BCUT2D eigenvalue weighted by Crippen LogP contribution is 2.40. The molecule has 0 fully saturated rings. The third kappa shape index (κ3) is 4.48.